The fraction of sp³-hybridized carbons (Fsp3) is 0.385. The Hall–Kier alpha value is -1.69. The molecule has 0 saturated heterocycles. The van der Waals surface area contributed by atoms with Crippen LogP contribution in [0.25, 0.3) is 0 Å². The summed E-state index contributed by atoms with van der Waals surface area (Å²) >= 11 is 0. The van der Waals surface area contributed by atoms with Crippen LogP contribution in [0.1, 0.15) is 22.8 Å². The molecule has 2 heterocycles. The quantitative estimate of drug-likeness (QED) is 0.306. The summed E-state index contributed by atoms with van der Waals surface area (Å²) < 4.78 is 57.9. The largest absolute Gasteiger partial charge is 0 e. The van der Waals surface area contributed by atoms with Crippen LogP contribution in [0, 0.1) is 41.0 Å². The van der Waals surface area contributed by atoms with Gasteiger partial charge in [0.15, 0.2) is 0 Å². The van der Waals surface area contributed by atoms with E-state index < -0.39 is 7.25 Å². The molecule has 1 radical (unpaired) electrons. The maximum Gasteiger partial charge on any atom is 0 e. The number of aryl methyl sites for hydroxylation is 4. The molecule has 0 fully saturated rings. The number of hydrogen-bond donors (Lipinski definition) is 0. The van der Waals surface area contributed by atoms with Crippen LogP contribution in [0.4, 0.5) is 17.3 Å². The summed E-state index contributed by atoms with van der Waals surface area (Å²) in [4.78, 5) is 0. The van der Waals surface area contributed by atoms with Crippen LogP contribution < -0.4 is 0 Å². The molecule has 0 bridgehead atoms. The minimum Gasteiger partial charge on any atom is 0 e. The first kappa shape index (κ1) is 28.1. The molecule has 0 saturated carbocycles. The van der Waals surface area contributed by atoms with E-state index in [1.54, 1.807) is 0 Å². The number of hydrogen-bond acceptors (Lipinski definition) is 2. The molecule has 0 amide bonds. The van der Waals surface area contributed by atoms with Crippen LogP contribution in [0.5, 0.6) is 0 Å². The van der Waals surface area contributed by atoms with Crippen LogP contribution in [0.15, 0.2) is 12.1 Å². The Morgan fingerprint density at radius 1 is 0.840 bits per heavy atom. The zero-order valence-electron chi connectivity index (χ0n) is 13.9. The molecular weight excluding hydrogens is 434 g/mol. The smallest absolute Gasteiger partial charge is 0 e. The Kier molecular flexibility index (Phi) is 15.3. The van der Waals surface area contributed by atoms with Gasteiger partial charge in [0.2, 0.25) is 0 Å². The van der Waals surface area contributed by atoms with Gasteiger partial charge in [-0.05, 0) is 39.8 Å². The molecule has 6 nitrogen and oxygen atoms in total. The van der Waals surface area contributed by atoms with Gasteiger partial charge in [0.1, 0.15) is 6.67 Å². The van der Waals surface area contributed by atoms with Crippen molar-refractivity contribution in [3.63, 3.8) is 0 Å². The summed E-state index contributed by atoms with van der Waals surface area (Å²) in [5.74, 6) is 0. The van der Waals surface area contributed by atoms with E-state index in [0.717, 1.165) is 11.4 Å². The Morgan fingerprint density at radius 2 is 1.08 bits per heavy atom. The SMILES string of the molecule is Cc1cc(C)n(Cn2nc(C)cc2C)n1.F[B-](F)(F)F.[C-]#[O+].[C-]#[O+].[Rh]. The summed E-state index contributed by atoms with van der Waals surface area (Å²) in [6, 6.07) is 4.15. The van der Waals surface area contributed by atoms with E-state index in [4.69, 9.17) is 9.30 Å². The average molecular weight is 450 g/mol. The Balaban J connectivity index is -0.000000415. The summed E-state index contributed by atoms with van der Waals surface area (Å²) in [7, 11) is -6.00. The molecular formula is C13H16BF4N4O2Rh-. The zero-order valence-corrected chi connectivity index (χ0v) is 15.5. The van der Waals surface area contributed by atoms with Gasteiger partial charge in [0.25, 0.3) is 0 Å². The van der Waals surface area contributed by atoms with Gasteiger partial charge in [-0.1, -0.05) is 0 Å². The van der Waals surface area contributed by atoms with Gasteiger partial charge in [-0.2, -0.15) is 10.2 Å². The van der Waals surface area contributed by atoms with Crippen molar-refractivity contribution < 1.29 is 46.0 Å². The number of halogens is 4. The van der Waals surface area contributed by atoms with E-state index in [9.17, 15) is 17.3 Å². The molecule has 2 rings (SSSR count). The van der Waals surface area contributed by atoms with Gasteiger partial charge >= 0.3 is 29.9 Å². The summed E-state index contributed by atoms with van der Waals surface area (Å²) in [6.07, 6.45) is 0. The van der Waals surface area contributed by atoms with Gasteiger partial charge in [-0.25, -0.2) is 9.36 Å². The molecule has 0 spiro atoms. The summed E-state index contributed by atoms with van der Waals surface area (Å²) in [6.45, 7) is 17.8. The molecule has 0 atom stereocenters. The Bertz CT molecular complexity index is 612. The van der Waals surface area contributed by atoms with E-state index in [2.05, 4.69) is 49.5 Å². The minimum absolute atomic E-state index is 0. The molecule has 0 aliphatic carbocycles. The van der Waals surface area contributed by atoms with Crippen molar-refractivity contribution >= 4 is 7.25 Å². The monoisotopic (exact) mass is 450 g/mol. The van der Waals surface area contributed by atoms with Crippen LogP contribution >= 0.6 is 0 Å². The molecule has 2 aromatic heterocycles. The van der Waals surface area contributed by atoms with Crippen molar-refractivity contribution in [1.82, 2.24) is 19.6 Å². The Morgan fingerprint density at radius 3 is 1.24 bits per heavy atom. The predicted molar refractivity (Wildman–Crippen MR) is 76.8 cm³/mol. The number of aromatic nitrogens is 4. The molecule has 0 N–H and O–H groups in total. The normalized spacial score (nSPS) is 9.12. The Labute approximate surface area is 155 Å². The third kappa shape index (κ3) is 13.3. The van der Waals surface area contributed by atoms with Crippen molar-refractivity contribution in [1.29, 1.82) is 0 Å². The molecule has 2 aromatic rings. The van der Waals surface area contributed by atoms with E-state index in [-0.39, 0.29) is 19.5 Å². The van der Waals surface area contributed by atoms with Gasteiger partial charge in [0, 0.05) is 30.9 Å². The first-order valence-electron chi connectivity index (χ1n) is 6.36. The van der Waals surface area contributed by atoms with Crippen LogP contribution in [0.2, 0.25) is 0 Å². The minimum atomic E-state index is -6.00. The van der Waals surface area contributed by atoms with Gasteiger partial charge in [0.05, 0.1) is 11.4 Å². The second-order valence-electron chi connectivity index (χ2n) is 4.49. The van der Waals surface area contributed by atoms with Crippen molar-refractivity contribution in [2.45, 2.75) is 34.4 Å². The average Bonchev–Trinajstić information content (AvgIpc) is 2.95. The summed E-state index contributed by atoms with van der Waals surface area (Å²) in [5, 5.41) is 8.82. The maximum absolute atomic E-state index is 9.75. The first-order valence-corrected chi connectivity index (χ1v) is 6.36. The van der Waals surface area contributed by atoms with E-state index in [1.807, 2.05) is 23.2 Å². The van der Waals surface area contributed by atoms with Crippen molar-refractivity contribution in [2.75, 3.05) is 0 Å². The third-order valence-corrected chi connectivity index (χ3v) is 2.47. The van der Waals surface area contributed by atoms with Crippen molar-refractivity contribution in [3.8, 4) is 0 Å². The van der Waals surface area contributed by atoms with Crippen molar-refractivity contribution in [3.05, 3.63) is 48.2 Å². The summed E-state index contributed by atoms with van der Waals surface area (Å²) in [5.41, 5.74) is 4.43. The second-order valence-corrected chi connectivity index (χ2v) is 4.49. The van der Waals surface area contributed by atoms with E-state index in [1.165, 1.54) is 11.4 Å². The van der Waals surface area contributed by atoms with Crippen LogP contribution in [0.3, 0.4) is 0 Å². The van der Waals surface area contributed by atoms with Crippen LogP contribution in [-0.4, -0.2) is 26.8 Å². The third-order valence-electron chi connectivity index (χ3n) is 2.47. The van der Waals surface area contributed by atoms with Crippen LogP contribution in [-0.2, 0) is 35.5 Å². The molecule has 0 unspecified atom stereocenters. The predicted octanol–water partition coefficient (Wildman–Crippen LogP) is 3.04. The topological polar surface area (TPSA) is 75.4 Å². The van der Waals surface area contributed by atoms with E-state index in [0.29, 0.717) is 6.67 Å². The molecule has 12 heteroatoms. The molecule has 0 aliphatic rings. The second kappa shape index (κ2) is 13.6. The standard InChI is InChI=1S/C11H16N4.2CO.BF4.Rh/c1-8-5-10(3)14(12-8)7-15-11(4)6-9(2)13-15;2*1-2;2-1(3,4)5;/h5-6H,7H2,1-4H3;;;;/q;;;-1;. The molecule has 0 aliphatic heterocycles. The van der Waals surface area contributed by atoms with E-state index >= 15 is 0 Å². The van der Waals surface area contributed by atoms with Crippen molar-refractivity contribution in [2.24, 2.45) is 0 Å². The van der Waals surface area contributed by atoms with Gasteiger partial charge in [-0.15, -0.1) is 0 Å². The van der Waals surface area contributed by atoms with Gasteiger partial charge < -0.3 is 17.3 Å². The zero-order chi connectivity index (χ0) is 19.5. The molecule has 0 aromatic carbocycles. The van der Waals surface area contributed by atoms with Gasteiger partial charge in [-0.3, -0.25) is 0 Å². The molecule has 141 valence electrons. The fourth-order valence-corrected chi connectivity index (χ4v) is 1.76. The maximum atomic E-state index is 9.75. The first-order chi connectivity index (χ1) is 11.1. The number of rotatable bonds is 2. The fourth-order valence-electron chi connectivity index (χ4n) is 1.76. The molecule has 25 heavy (non-hydrogen) atoms. The number of nitrogens with zero attached hydrogens (tertiary/aromatic N) is 4.